The average molecular weight is 330 g/mol. The topological polar surface area (TPSA) is 32.3 Å². The molecule has 126 valence electrons. The molecule has 1 unspecified atom stereocenters. The molecule has 2 aromatic carbocycles. The van der Waals surface area contributed by atoms with Crippen LogP contribution in [0.3, 0.4) is 0 Å². The molecule has 0 saturated heterocycles. The first-order valence-corrected chi connectivity index (χ1v) is 8.58. The van der Waals surface area contributed by atoms with Crippen LogP contribution in [0.15, 0.2) is 54.7 Å². The molecule has 4 rings (SSSR count). The molecule has 2 heterocycles. The van der Waals surface area contributed by atoms with Gasteiger partial charge in [-0.2, -0.15) is 0 Å². The van der Waals surface area contributed by atoms with Crippen molar-refractivity contribution in [2.45, 2.75) is 26.9 Å². The van der Waals surface area contributed by atoms with E-state index in [-0.39, 0.29) is 6.17 Å². The molecule has 0 aliphatic carbocycles. The summed E-state index contributed by atoms with van der Waals surface area (Å²) in [4.78, 5) is 14.1. The van der Waals surface area contributed by atoms with Gasteiger partial charge < -0.3 is 9.80 Å². The maximum absolute atomic E-state index is 4.96. The molecule has 4 heteroatoms. The maximum Gasteiger partial charge on any atom is 0.162 e. The molecule has 1 aromatic heterocycles. The third kappa shape index (κ3) is 2.45. The van der Waals surface area contributed by atoms with Crippen molar-refractivity contribution in [1.29, 1.82) is 0 Å². The number of nitrogens with zero attached hydrogens (tertiary/aromatic N) is 4. The first-order chi connectivity index (χ1) is 12.1. The highest BCUT2D eigenvalue weighted by Crippen LogP contribution is 2.43. The van der Waals surface area contributed by atoms with E-state index >= 15 is 0 Å². The van der Waals surface area contributed by atoms with Crippen molar-refractivity contribution in [3.63, 3.8) is 0 Å². The first kappa shape index (κ1) is 15.6. The molecule has 0 radical (unpaired) electrons. The highest BCUT2D eigenvalue weighted by atomic mass is 15.4. The monoisotopic (exact) mass is 330 g/mol. The Labute approximate surface area is 148 Å². The molecule has 1 aliphatic rings. The van der Waals surface area contributed by atoms with Gasteiger partial charge in [-0.1, -0.05) is 42.5 Å². The number of anilines is 3. The van der Waals surface area contributed by atoms with E-state index in [1.165, 1.54) is 16.8 Å². The normalized spacial score (nSPS) is 16.2. The van der Waals surface area contributed by atoms with E-state index in [1.54, 1.807) is 0 Å². The van der Waals surface area contributed by atoms with Gasteiger partial charge in [-0.05, 0) is 38.0 Å². The van der Waals surface area contributed by atoms with Crippen LogP contribution in [0.2, 0.25) is 0 Å². The summed E-state index contributed by atoms with van der Waals surface area (Å²) in [5.41, 5.74) is 5.76. The number of rotatable bonds is 2. The molecule has 4 nitrogen and oxygen atoms in total. The zero-order chi connectivity index (χ0) is 17.6. The highest BCUT2D eigenvalue weighted by Gasteiger charge is 2.34. The van der Waals surface area contributed by atoms with Gasteiger partial charge in [0.25, 0.3) is 0 Å². The molecule has 0 amide bonds. The third-order valence-corrected chi connectivity index (χ3v) is 5.05. The molecule has 25 heavy (non-hydrogen) atoms. The summed E-state index contributed by atoms with van der Waals surface area (Å²) in [6, 6.07) is 16.7. The van der Waals surface area contributed by atoms with Crippen LogP contribution in [0.25, 0.3) is 11.4 Å². The molecule has 0 saturated carbocycles. The van der Waals surface area contributed by atoms with Gasteiger partial charge in [0.05, 0.1) is 6.20 Å². The number of aryl methyl sites for hydroxylation is 2. The smallest absolute Gasteiger partial charge is 0.162 e. The van der Waals surface area contributed by atoms with E-state index < -0.39 is 0 Å². The van der Waals surface area contributed by atoms with Gasteiger partial charge in [-0.25, -0.2) is 9.97 Å². The first-order valence-electron chi connectivity index (χ1n) is 8.58. The van der Waals surface area contributed by atoms with Gasteiger partial charge in [0.2, 0.25) is 0 Å². The van der Waals surface area contributed by atoms with Crippen molar-refractivity contribution in [2.24, 2.45) is 0 Å². The van der Waals surface area contributed by atoms with Crippen molar-refractivity contribution in [3.05, 3.63) is 65.9 Å². The minimum absolute atomic E-state index is 0.192. The maximum atomic E-state index is 4.96. The SMILES string of the molecule is Cc1ccccc1-c1ncc2c(n1)N(c1ccccc1C)C(C)N2C. The lowest BCUT2D eigenvalue weighted by Crippen LogP contribution is -2.36. The molecular weight excluding hydrogens is 308 g/mol. The molecule has 0 bridgehead atoms. The van der Waals surface area contributed by atoms with Crippen molar-refractivity contribution >= 4 is 17.2 Å². The summed E-state index contributed by atoms with van der Waals surface area (Å²) in [5, 5.41) is 0. The lowest BCUT2D eigenvalue weighted by atomic mass is 10.1. The standard InChI is InChI=1S/C21H22N4/c1-14-9-5-7-11-17(14)20-22-13-19-21(23-20)25(16(3)24(19)4)18-12-8-6-10-15(18)2/h5-13,16H,1-4H3. The summed E-state index contributed by atoms with van der Waals surface area (Å²) in [5.74, 6) is 1.75. The fraction of sp³-hybridized carbons (Fsp3) is 0.238. The quantitative estimate of drug-likeness (QED) is 0.682. The Kier molecular flexibility index (Phi) is 3.68. The van der Waals surface area contributed by atoms with Gasteiger partial charge in [0.15, 0.2) is 11.6 Å². The number of hydrogen-bond acceptors (Lipinski definition) is 4. The third-order valence-electron chi connectivity index (χ3n) is 5.05. The minimum Gasteiger partial charge on any atom is -0.350 e. The summed E-state index contributed by atoms with van der Waals surface area (Å²) in [6.07, 6.45) is 2.14. The number of benzene rings is 2. The zero-order valence-electron chi connectivity index (χ0n) is 15.1. The Bertz CT molecular complexity index is 935. The van der Waals surface area contributed by atoms with Crippen molar-refractivity contribution in [2.75, 3.05) is 16.8 Å². The van der Waals surface area contributed by atoms with Crippen LogP contribution in [-0.4, -0.2) is 23.2 Å². The summed E-state index contributed by atoms with van der Waals surface area (Å²) < 4.78 is 0. The molecule has 1 atom stereocenters. The van der Waals surface area contributed by atoms with Gasteiger partial charge in [0.1, 0.15) is 11.9 Å². The van der Waals surface area contributed by atoms with Crippen LogP contribution in [0.1, 0.15) is 18.1 Å². The molecule has 0 fully saturated rings. The van der Waals surface area contributed by atoms with Crippen LogP contribution in [0, 0.1) is 13.8 Å². The van der Waals surface area contributed by atoms with Gasteiger partial charge in [-0.15, -0.1) is 0 Å². The second-order valence-electron chi connectivity index (χ2n) is 6.62. The second-order valence-corrected chi connectivity index (χ2v) is 6.62. The van der Waals surface area contributed by atoms with Gasteiger partial charge >= 0.3 is 0 Å². The lowest BCUT2D eigenvalue weighted by Gasteiger charge is -2.28. The Balaban J connectivity index is 1.88. The summed E-state index contributed by atoms with van der Waals surface area (Å²) in [7, 11) is 2.10. The average Bonchev–Trinajstić information content (AvgIpc) is 2.87. The molecule has 1 aliphatic heterocycles. The van der Waals surface area contributed by atoms with Crippen molar-refractivity contribution < 1.29 is 0 Å². The predicted octanol–water partition coefficient (Wildman–Crippen LogP) is 4.69. The van der Waals surface area contributed by atoms with E-state index in [9.17, 15) is 0 Å². The fourth-order valence-electron chi connectivity index (χ4n) is 3.45. The number of para-hydroxylation sites is 1. The van der Waals surface area contributed by atoms with Crippen LogP contribution in [0.5, 0.6) is 0 Å². The van der Waals surface area contributed by atoms with Crippen LogP contribution in [0.4, 0.5) is 17.2 Å². The van der Waals surface area contributed by atoms with Crippen LogP contribution >= 0.6 is 0 Å². The largest absolute Gasteiger partial charge is 0.350 e. The molecular formula is C21H22N4. The van der Waals surface area contributed by atoms with E-state index in [1.807, 2.05) is 18.3 Å². The molecule has 0 spiro atoms. The lowest BCUT2D eigenvalue weighted by molar-refractivity contribution is 0.729. The van der Waals surface area contributed by atoms with Gasteiger partial charge in [-0.3, -0.25) is 0 Å². The Morgan fingerprint density at radius 3 is 2.28 bits per heavy atom. The van der Waals surface area contributed by atoms with Crippen LogP contribution < -0.4 is 9.80 Å². The van der Waals surface area contributed by atoms with Gasteiger partial charge in [0, 0.05) is 18.3 Å². The number of hydrogen-bond donors (Lipinski definition) is 0. The van der Waals surface area contributed by atoms with Crippen molar-refractivity contribution in [3.8, 4) is 11.4 Å². The number of fused-ring (bicyclic) bond motifs is 1. The zero-order valence-corrected chi connectivity index (χ0v) is 15.1. The highest BCUT2D eigenvalue weighted by molar-refractivity contribution is 5.82. The van der Waals surface area contributed by atoms with Crippen molar-refractivity contribution in [1.82, 2.24) is 9.97 Å². The molecule has 0 N–H and O–H groups in total. The predicted molar refractivity (Wildman–Crippen MR) is 103 cm³/mol. The fourth-order valence-corrected chi connectivity index (χ4v) is 3.45. The summed E-state index contributed by atoms with van der Waals surface area (Å²) >= 11 is 0. The Morgan fingerprint density at radius 2 is 1.56 bits per heavy atom. The van der Waals surface area contributed by atoms with Crippen LogP contribution in [-0.2, 0) is 0 Å². The minimum atomic E-state index is 0.192. The van der Waals surface area contributed by atoms with E-state index in [4.69, 9.17) is 4.98 Å². The number of aromatic nitrogens is 2. The Hall–Kier alpha value is -2.88. The molecule has 3 aromatic rings. The van der Waals surface area contributed by atoms with E-state index in [0.29, 0.717) is 0 Å². The van der Waals surface area contributed by atoms with E-state index in [0.717, 1.165) is 22.9 Å². The van der Waals surface area contributed by atoms with E-state index in [2.05, 4.69) is 79.0 Å². The Morgan fingerprint density at radius 1 is 0.880 bits per heavy atom. The summed E-state index contributed by atoms with van der Waals surface area (Å²) in [6.45, 7) is 6.44. The second kappa shape index (κ2) is 5.88.